The van der Waals surface area contributed by atoms with Crippen molar-refractivity contribution in [2.24, 2.45) is 0 Å². The van der Waals surface area contributed by atoms with Crippen LogP contribution in [0.2, 0.25) is 0 Å². The molecule has 2 rings (SSSR count). The number of ether oxygens (including phenoxy) is 1. The minimum absolute atomic E-state index is 0.0784. The van der Waals surface area contributed by atoms with E-state index in [0.717, 1.165) is 28.0 Å². The van der Waals surface area contributed by atoms with Crippen LogP contribution in [0, 0.1) is 11.3 Å². The third-order valence-electron chi connectivity index (χ3n) is 3.12. The molecule has 1 saturated heterocycles. The van der Waals surface area contributed by atoms with E-state index >= 15 is 0 Å². The lowest BCUT2D eigenvalue weighted by Gasteiger charge is -2.23. The fraction of sp³-hybridized carbons (Fsp3) is 0.583. The maximum absolute atomic E-state index is 12.7. The van der Waals surface area contributed by atoms with Gasteiger partial charge in [0, 0.05) is 30.6 Å². The van der Waals surface area contributed by atoms with Crippen molar-refractivity contribution < 1.29 is 13.2 Å². The summed E-state index contributed by atoms with van der Waals surface area (Å²) in [6.45, 7) is 1.16. The SMILES string of the molecule is N#CCCN(CC1CCCO1)S(=O)(=O)c1cc(Br)c(Br)s1. The third kappa shape index (κ3) is 4.27. The van der Waals surface area contributed by atoms with Crippen LogP contribution in [0.15, 0.2) is 18.5 Å². The standard InChI is InChI=1S/C12H14Br2N2O3S2/c13-10-7-11(20-12(10)14)21(17,18)16(5-2-4-15)8-9-3-1-6-19-9/h7,9H,1-3,5-6,8H2. The highest BCUT2D eigenvalue weighted by atomic mass is 79.9. The maximum atomic E-state index is 12.7. The number of thiophene rings is 1. The van der Waals surface area contributed by atoms with E-state index in [2.05, 4.69) is 31.9 Å². The molecule has 116 valence electrons. The van der Waals surface area contributed by atoms with Gasteiger partial charge in [-0.2, -0.15) is 9.57 Å². The second-order valence-corrected chi connectivity index (χ2v) is 9.98. The van der Waals surface area contributed by atoms with Gasteiger partial charge in [-0.3, -0.25) is 0 Å². The van der Waals surface area contributed by atoms with Crippen LogP contribution in [-0.4, -0.2) is 38.5 Å². The minimum Gasteiger partial charge on any atom is -0.377 e. The largest absolute Gasteiger partial charge is 0.377 e. The summed E-state index contributed by atoms with van der Waals surface area (Å²) in [5.41, 5.74) is 0. The molecule has 0 amide bonds. The van der Waals surface area contributed by atoms with Gasteiger partial charge in [0.05, 0.1) is 16.0 Å². The predicted octanol–water partition coefficient (Wildman–Crippen LogP) is 3.36. The Bertz CT molecular complexity index is 614. The van der Waals surface area contributed by atoms with Crippen LogP contribution in [0.25, 0.3) is 0 Å². The van der Waals surface area contributed by atoms with Crippen molar-refractivity contribution in [1.82, 2.24) is 4.31 Å². The minimum atomic E-state index is -3.60. The Labute approximate surface area is 145 Å². The van der Waals surface area contributed by atoms with Gasteiger partial charge in [0.1, 0.15) is 4.21 Å². The molecular weight excluding hydrogens is 444 g/mol. The van der Waals surface area contributed by atoms with Crippen molar-refractivity contribution >= 4 is 53.2 Å². The summed E-state index contributed by atoms with van der Waals surface area (Å²) in [7, 11) is -3.60. The highest BCUT2D eigenvalue weighted by molar-refractivity contribution is 9.13. The Kier molecular flexibility index (Phi) is 6.23. The molecule has 0 radical (unpaired) electrons. The first-order valence-electron chi connectivity index (χ1n) is 6.38. The smallest absolute Gasteiger partial charge is 0.252 e. The second-order valence-electron chi connectivity index (χ2n) is 4.59. The molecule has 0 aliphatic carbocycles. The summed E-state index contributed by atoms with van der Waals surface area (Å²) >= 11 is 7.77. The topological polar surface area (TPSA) is 70.4 Å². The van der Waals surface area contributed by atoms with Crippen LogP contribution in [-0.2, 0) is 14.8 Å². The predicted molar refractivity (Wildman–Crippen MR) is 87.7 cm³/mol. The van der Waals surface area contributed by atoms with Gasteiger partial charge in [0.25, 0.3) is 10.0 Å². The first-order chi connectivity index (χ1) is 9.95. The van der Waals surface area contributed by atoms with Gasteiger partial charge >= 0.3 is 0 Å². The third-order valence-corrected chi connectivity index (χ3v) is 8.69. The number of rotatable bonds is 6. The molecule has 9 heteroatoms. The summed E-state index contributed by atoms with van der Waals surface area (Å²) in [6, 6.07) is 3.58. The zero-order chi connectivity index (χ0) is 15.5. The van der Waals surface area contributed by atoms with Crippen LogP contribution in [0.3, 0.4) is 0 Å². The van der Waals surface area contributed by atoms with E-state index in [1.807, 2.05) is 6.07 Å². The second kappa shape index (κ2) is 7.53. The molecular formula is C12H14Br2N2O3S2. The van der Waals surface area contributed by atoms with Crippen molar-refractivity contribution in [2.45, 2.75) is 29.6 Å². The van der Waals surface area contributed by atoms with E-state index in [1.54, 1.807) is 6.07 Å². The Morgan fingerprint density at radius 3 is 2.81 bits per heavy atom. The van der Waals surface area contributed by atoms with Crippen molar-refractivity contribution in [3.05, 3.63) is 14.3 Å². The van der Waals surface area contributed by atoms with Crippen LogP contribution < -0.4 is 0 Å². The molecule has 1 atom stereocenters. The molecule has 1 fully saturated rings. The molecule has 21 heavy (non-hydrogen) atoms. The van der Waals surface area contributed by atoms with Crippen LogP contribution in [0.5, 0.6) is 0 Å². The van der Waals surface area contributed by atoms with E-state index in [9.17, 15) is 8.42 Å². The molecule has 0 aromatic carbocycles. The number of hydrogen-bond acceptors (Lipinski definition) is 5. The summed E-state index contributed by atoms with van der Waals surface area (Å²) in [4.78, 5) is 0. The summed E-state index contributed by atoms with van der Waals surface area (Å²) in [6.07, 6.45) is 1.90. The van der Waals surface area contributed by atoms with Crippen molar-refractivity contribution in [3.63, 3.8) is 0 Å². The zero-order valence-corrected chi connectivity index (χ0v) is 15.9. The molecule has 1 aromatic heterocycles. The van der Waals surface area contributed by atoms with E-state index in [4.69, 9.17) is 10.00 Å². The molecule has 0 saturated carbocycles. The monoisotopic (exact) mass is 456 g/mol. The fourth-order valence-electron chi connectivity index (χ4n) is 2.08. The first kappa shape index (κ1) is 17.4. The Morgan fingerprint density at radius 2 is 2.29 bits per heavy atom. The maximum Gasteiger partial charge on any atom is 0.252 e. The Balaban J connectivity index is 2.22. The van der Waals surface area contributed by atoms with Gasteiger partial charge in [-0.25, -0.2) is 8.42 Å². The van der Waals surface area contributed by atoms with Crippen LogP contribution in [0.4, 0.5) is 0 Å². The molecule has 0 spiro atoms. The molecule has 1 aliphatic rings. The Hall–Kier alpha value is 0.0200. The summed E-state index contributed by atoms with van der Waals surface area (Å²) in [5.74, 6) is 0. The molecule has 1 aromatic rings. The fourth-order valence-corrected chi connectivity index (χ4v) is 6.53. The number of nitriles is 1. The van der Waals surface area contributed by atoms with Crippen molar-refractivity contribution in [1.29, 1.82) is 5.26 Å². The number of sulfonamides is 1. The molecule has 5 nitrogen and oxygen atoms in total. The highest BCUT2D eigenvalue weighted by Gasteiger charge is 2.30. The van der Waals surface area contributed by atoms with Gasteiger partial charge < -0.3 is 4.74 Å². The first-order valence-corrected chi connectivity index (χ1v) is 10.2. The van der Waals surface area contributed by atoms with Gasteiger partial charge in [-0.1, -0.05) is 0 Å². The lowest BCUT2D eigenvalue weighted by molar-refractivity contribution is 0.0941. The molecule has 2 heterocycles. The van der Waals surface area contributed by atoms with Gasteiger partial charge in [-0.15, -0.1) is 11.3 Å². The average molecular weight is 458 g/mol. The highest BCUT2D eigenvalue weighted by Crippen LogP contribution is 2.36. The van der Waals surface area contributed by atoms with E-state index in [1.165, 1.54) is 4.31 Å². The van der Waals surface area contributed by atoms with Crippen molar-refractivity contribution in [2.75, 3.05) is 19.7 Å². The van der Waals surface area contributed by atoms with Crippen LogP contribution in [0.1, 0.15) is 19.3 Å². The lowest BCUT2D eigenvalue weighted by Crippen LogP contribution is -2.37. The number of hydrogen-bond donors (Lipinski definition) is 0. The van der Waals surface area contributed by atoms with Crippen LogP contribution >= 0.6 is 43.2 Å². The van der Waals surface area contributed by atoms with E-state index in [0.29, 0.717) is 17.6 Å². The molecule has 0 bridgehead atoms. The normalized spacial score (nSPS) is 19.0. The quantitative estimate of drug-likeness (QED) is 0.656. The summed E-state index contributed by atoms with van der Waals surface area (Å²) < 4.78 is 34.0. The van der Waals surface area contributed by atoms with Crippen molar-refractivity contribution in [3.8, 4) is 6.07 Å². The molecule has 1 unspecified atom stereocenters. The van der Waals surface area contributed by atoms with Gasteiger partial charge in [0.15, 0.2) is 0 Å². The van der Waals surface area contributed by atoms with E-state index < -0.39 is 10.0 Å². The molecule has 1 aliphatic heterocycles. The van der Waals surface area contributed by atoms with E-state index in [-0.39, 0.29) is 23.3 Å². The lowest BCUT2D eigenvalue weighted by atomic mass is 10.2. The van der Waals surface area contributed by atoms with Gasteiger partial charge in [-0.05, 0) is 50.8 Å². The summed E-state index contributed by atoms with van der Waals surface area (Å²) in [5, 5.41) is 8.75. The average Bonchev–Trinajstić information content (AvgIpc) is 3.05. The molecule has 0 N–H and O–H groups in total. The zero-order valence-electron chi connectivity index (χ0n) is 11.1. The number of halogens is 2. The van der Waals surface area contributed by atoms with Gasteiger partial charge in [0.2, 0.25) is 0 Å². The number of nitrogens with zero attached hydrogens (tertiary/aromatic N) is 2. The Morgan fingerprint density at radius 1 is 1.52 bits per heavy atom.